The molecular weight excluding hydrogens is 608 g/mol. The first-order valence-corrected chi connectivity index (χ1v) is 16.6. The van der Waals surface area contributed by atoms with Gasteiger partial charge in [-0.05, 0) is 36.1 Å². The molecule has 7 rings (SSSR count). The van der Waals surface area contributed by atoms with E-state index in [2.05, 4.69) is 80.1 Å². The standard InChI is InChI=1S/C36H42N8O4/c1-47-22-28-32(45)33(46)36(48-28)44-23-40-31-34(39-20-27(24-10-4-2-5-11-24)25-12-6-3-7-13-25)41-29(42-35(31)44)21-38-26-15-18-43(19-16-26)30-14-8-9-17-37-30/h2-14,17,23,26-28,32-33,36,38,45-46H,15-16,18-22H2,1H3,(H,39,41,42)/t28-,32-,33-,36-/m1/s1. The molecule has 12 nitrogen and oxygen atoms in total. The van der Waals surface area contributed by atoms with Crippen LogP contribution in [0.15, 0.2) is 91.4 Å². The van der Waals surface area contributed by atoms with Crippen molar-refractivity contribution in [3.8, 4) is 0 Å². The van der Waals surface area contributed by atoms with Gasteiger partial charge in [0.15, 0.2) is 23.2 Å². The number of ether oxygens (including phenoxy) is 2. The van der Waals surface area contributed by atoms with Gasteiger partial charge in [0.05, 0.1) is 19.5 Å². The summed E-state index contributed by atoms with van der Waals surface area (Å²) in [5, 5.41) is 28.9. The van der Waals surface area contributed by atoms with E-state index < -0.39 is 24.5 Å². The van der Waals surface area contributed by atoms with Crippen LogP contribution in [0.4, 0.5) is 11.6 Å². The van der Waals surface area contributed by atoms with Crippen LogP contribution in [-0.4, -0.2) is 92.4 Å². The maximum Gasteiger partial charge on any atom is 0.168 e. The fraction of sp³-hybridized carbons (Fsp3) is 0.389. The first-order chi connectivity index (χ1) is 23.6. The van der Waals surface area contributed by atoms with Gasteiger partial charge in [0.1, 0.15) is 30.0 Å². The van der Waals surface area contributed by atoms with E-state index in [9.17, 15) is 10.2 Å². The molecule has 2 fully saturated rings. The minimum Gasteiger partial charge on any atom is -0.387 e. The summed E-state index contributed by atoms with van der Waals surface area (Å²) in [7, 11) is 1.54. The number of piperidine rings is 1. The fourth-order valence-corrected chi connectivity index (χ4v) is 6.70. The topological polar surface area (TPSA) is 143 Å². The average Bonchev–Trinajstić information content (AvgIpc) is 3.69. The van der Waals surface area contributed by atoms with Gasteiger partial charge in [-0.3, -0.25) is 4.57 Å². The third-order valence-electron chi connectivity index (χ3n) is 9.30. The molecule has 2 aliphatic rings. The lowest BCUT2D eigenvalue weighted by molar-refractivity contribution is -0.0580. The number of methoxy groups -OCH3 is 1. The number of nitrogens with one attached hydrogen (secondary N) is 2. The van der Waals surface area contributed by atoms with Crippen LogP contribution in [0.3, 0.4) is 0 Å². The highest BCUT2D eigenvalue weighted by molar-refractivity contribution is 5.83. The average molecular weight is 651 g/mol. The Morgan fingerprint density at radius 1 is 0.896 bits per heavy atom. The Labute approximate surface area is 279 Å². The first kappa shape index (κ1) is 32.1. The molecule has 3 aromatic heterocycles. The molecule has 2 aromatic carbocycles. The number of aliphatic hydroxyl groups excluding tert-OH is 2. The van der Waals surface area contributed by atoms with Gasteiger partial charge in [0, 0.05) is 44.9 Å². The normalized spacial score (nSPS) is 21.7. The van der Waals surface area contributed by atoms with Gasteiger partial charge in [-0.25, -0.2) is 19.9 Å². The third-order valence-corrected chi connectivity index (χ3v) is 9.30. The molecule has 0 saturated carbocycles. The van der Waals surface area contributed by atoms with Crippen molar-refractivity contribution in [1.82, 2.24) is 29.8 Å². The van der Waals surface area contributed by atoms with E-state index in [1.165, 1.54) is 18.2 Å². The van der Waals surface area contributed by atoms with Gasteiger partial charge in [-0.15, -0.1) is 0 Å². The summed E-state index contributed by atoms with van der Waals surface area (Å²) in [5.74, 6) is 2.26. The summed E-state index contributed by atoms with van der Waals surface area (Å²) in [5.41, 5.74) is 3.44. The summed E-state index contributed by atoms with van der Waals surface area (Å²) in [6, 6.07) is 27.1. The molecule has 0 amide bonds. The van der Waals surface area contributed by atoms with Gasteiger partial charge in [0.25, 0.3) is 0 Å². The number of pyridine rings is 1. The second kappa shape index (κ2) is 14.8. The zero-order valence-corrected chi connectivity index (χ0v) is 27.0. The second-order valence-corrected chi connectivity index (χ2v) is 12.4. The Morgan fingerprint density at radius 3 is 2.27 bits per heavy atom. The Bertz CT molecular complexity index is 1710. The van der Waals surface area contributed by atoms with Crippen LogP contribution in [-0.2, 0) is 16.0 Å². The zero-order valence-electron chi connectivity index (χ0n) is 27.0. The van der Waals surface area contributed by atoms with E-state index in [1.54, 1.807) is 10.9 Å². The van der Waals surface area contributed by atoms with Crippen molar-refractivity contribution in [3.63, 3.8) is 0 Å². The predicted octanol–water partition coefficient (Wildman–Crippen LogP) is 3.49. The van der Waals surface area contributed by atoms with Crippen molar-refractivity contribution < 1.29 is 19.7 Å². The minimum atomic E-state index is -1.18. The van der Waals surface area contributed by atoms with E-state index in [1.807, 2.05) is 30.5 Å². The van der Waals surface area contributed by atoms with Crippen LogP contribution in [0.5, 0.6) is 0 Å². The largest absolute Gasteiger partial charge is 0.387 e. The number of benzene rings is 2. The van der Waals surface area contributed by atoms with E-state index in [0.29, 0.717) is 41.9 Å². The maximum absolute atomic E-state index is 11.0. The summed E-state index contributed by atoms with van der Waals surface area (Å²) >= 11 is 0. The van der Waals surface area contributed by atoms with E-state index >= 15 is 0 Å². The molecule has 2 saturated heterocycles. The first-order valence-electron chi connectivity index (χ1n) is 16.6. The Kier molecular flexibility index (Phi) is 9.87. The fourth-order valence-electron chi connectivity index (χ4n) is 6.70. The molecule has 4 atom stereocenters. The zero-order chi connectivity index (χ0) is 32.9. The highest BCUT2D eigenvalue weighted by Crippen LogP contribution is 2.33. The van der Waals surface area contributed by atoms with E-state index in [-0.39, 0.29) is 12.5 Å². The SMILES string of the molecule is COC[C@H]1O[C@@H](n2cnc3c(NCC(c4ccccc4)c4ccccc4)nc(CNC4CCN(c5ccccn5)CC4)nc32)[C@H](O)[C@@H]1O. The summed E-state index contributed by atoms with van der Waals surface area (Å²) in [6.07, 6.45) is 1.52. The molecule has 0 unspecified atom stereocenters. The number of aliphatic hydroxyl groups is 2. The molecule has 5 aromatic rings. The lowest BCUT2D eigenvalue weighted by Gasteiger charge is -2.33. The van der Waals surface area contributed by atoms with Crippen LogP contribution in [0.25, 0.3) is 11.2 Å². The van der Waals surface area contributed by atoms with Crippen molar-refractivity contribution >= 4 is 22.8 Å². The van der Waals surface area contributed by atoms with Gasteiger partial charge < -0.3 is 35.2 Å². The number of anilines is 2. The van der Waals surface area contributed by atoms with E-state index in [4.69, 9.17) is 19.4 Å². The molecular formula is C36H42N8O4. The number of hydrogen-bond acceptors (Lipinski definition) is 11. The van der Waals surface area contributed by atoms with Crippen molar-refractivity contribution in [2.75, 3.05) is 43.6 Å². The Balaban J connectivity index is 1.15. The lowest BCUT2D eigenvalue weighted by Crippen LogP contribution is -2.42. The van der Waals surface area contributed by atoms with Gasteiger partial charge in [-0.1, -0.05) is 66.7 Å². The van der Waals surface area contributed by atoms with Crippen LogP contribution in [0, 0.1) is 0 Å². The molecule has 0 radical (unpaired) electrons. The van der Waals surface area contributed by atoms with Gasteiger partial charge >= 0.3 is 0 Å². The molecule has 4 N–H and O–H groups in total. The molecule has 12 heteroatoms. The lowest BCUT2D eigenvalue weighted by atomic mass is 9.91. The number of rotatable bonds is 12. The van der Waals surface area contributed by atoms with Crippen LogP contribution in [0.1, 0.15) is 41.9 Å². The third kappa shape index (κ3) is 6.89. The summed E-state index contributed by atoms with van der Waals surface area (Å²) < 4.78 is 13.0. The van der Waals surface area contributed by atoms with Gasteiger partial charge in [-0.2, -0.15) is 0 Å². The Morgan fingerprint density at radius 2 is 1.60 bits per heavy atom. The van der Waals surface area contributed by atoms with Crippen molar-refractivity contribution in [3.05, 3.63) is 108 Å². The molecule has 5 heterocycles. The number of fused-ring (bicyclic) bond motifs is 1. The molecule has 250 valence electrons. The van der Waals surface area contributed by atoms with Crippen LogP contribution in [0.2, 0.25) is 0 Å². The van der Waals surface area contributed by atoms with Crippen molar-refractivity contribution in [2.24, 2.45) is 0 Å². The van der Waals surface area contributed by atoms with E-state index in [0.717, 1.165) is 31.7 Å². The quantitative estimate of drug-likeness (QED) is 0.158. The highest BCUT2D eigenvalue weighted by Gasteiger charge is 2.44. The number of imidazole rings is 1. The predicted molar refractivity (Wildman–Crippen MR) is 183 cm³/mol. The Hall–Kier alpha value is -4.46. The number of nitrogens with zero attached hydrogens (tertiary/aromatic N) is 6. The molecule has 48 heavy (non-hydrogen) atoms. The summed E-state index contributed by atoms with van der Waals surface area (Å²) in [4.78, 5) is 21.4. The van der Waals surface area contributed by atoms with Crippen molar-refractivity contribution in [1.29, 1.82) is 0 Å². The summed E-state index contributed by atoms with van der Waals surface area (Å²) in [6.45, 7) is 3.00. The van der Waals surface area contributed by atoms with Gasteiger partial charge in [0.2, 0.25) is 0 Å². The minimum absolute atomic E-state index is 0.0651. The molecule has 0 bridgehead atoms. The van der Waals surface area contributed by atoms with Crippen molar-refractivity contribution in [2.45, 2.75) is 55.9 Å². The molecule has 0 spiro atoms. The van der Waals surface area contributed by atoms with Crippen LogP contribution < -0.4 is 15.5 Å². The molecule has 2 aliphatic heterocycles. The maximum atomic E-state index is 11.0. The van der Waals surface area contributed by atoms with Crippen LogP contribution >= 0.6 is 0 Å². The molecule has 0 aliphatic carbocycles. The second-order valence-electron chi connectivity index (χ2n) is 12.4. The number of hydrogen-bond donors (Lipinski definition) is 4. The highest BCUT2D eigenvalue weighted by atomic mass is 16.6. The smallest absolute Gasteiger partial charge is 0.168 e. The number of aromatic nitrogens is 5. The monoisotopic (exact) mass is 650 g/mol.